The predicted molar refractivity (Wildman–Crippen MR) is 196 cm³/mol. The van der Waals surface area contributed by atoms with Gasteiger partial charge in [0.1, 0.15) is 0 Å². The van der Waals surface area contributed by atoms with Gasteiger partial charge in [0, 0.05) is 59.3 Å². The van der Waals surface area contributed by atoms with Gasteiger partial charge < -0.3 is 51.9 Å². The third-order valence-electron chi connectivity index (χ3n) is 9.70. The molecule has 0 aliphatic carbocycles. The molecule has 0 fully saturated rings. The molecule has 0 aromatic heterocycles. The van der Waals surface area contributed by atoms with Gasteiger partial charge in [-0.25, -0.2) is 0 Å². The fraction of sp³-hybridized carbons (Fsp3) is 0.410. The molecule has 0 radical (unpaired) electrons. The normalized spacial score (nSPS) is 10.7. The molecule has 0 aliphatic rings. The van der Waals surface area contributed by atoms with Crippen LogP contribution in [-0.4, -0.2) is 50.4 Å². The fourth-order valence-electron chi connectivity index (χ4n) is 8.14. The molecule has 4 rings (SSSR count). The van der Waals surface area contributed by atoms with Crippen molar-refractivity contribution in [3.05, 3.63) is 92.0 Å². The molecule has 47 heavy (non-hydrogen) atoms. The van der Waals surface area contributed by atoms with Gasteiger partial charge in [-0.2, -0.15) is 27.4 Å². The molecular formula is C39H54Cl3N3SiTi. The van der Waals surface area contributed by atoms with Crippen molar-refractivity contribution in [2.45, 2.75) is 69.2 Å². The van der Waals surface area contributed by atoms with Gasteiger partial charge in [0.05, 0.1) is 0 Å². The van der Waals surface area contributed by atoms with Gasteiger partial charge in [0.15, 0.2) is 8.07 Å². The molecule has 0 aliphatic heterocycles. The van der Waals surface area contributed by atoms with Crippen LogP contribution in [0.1, 0.15) is 55.6 Å². The molecule has 4 aromatic carbocycles. The van der Waals surface area contributed by atoms with Crippen LogP contribution in [0, 0.1) is 69.2 Å². The van der Waals surface area contributed by atoms with E-state index < -0.39 is 8.07 Å². The van der Waals surface area contributed by atoms with Gasteiger partial charge >= 0.3 is 21.7 Å². The number of hydrogen-bond donors (Lipinski definition) is 0. The monoisotopic (exact) mass is 745 g/mol. The number of nitrogens with zero attached hydrogens (tertiary/aromatic N) is 3. The first kappa shape index (κ1) is 45.2. The molecule has 0 atom stereocenters. The van der Waals surface area contributed by atoms with Crippen LogP contribution in [0.2, 0.25) is 0 Å². The number of aryl methyl sites for hydroxylation is 6. The summed E-state index contributed by atoms with van der Waals surface area (Å²) in [4.78, 5) is 7.11. The number of rotatable bonds is 7. The predicted octanol–water partition coefficient (Wildman–Crippen LogP) is -2.93. The maximum Gasteiger partial charge on any atom is 4.00 e. The van der Waals surface area contributed by atoms with Crippen molar-refractivity contribution in [3.63, 3.8) is 0 Å². The van der Waals surface area contributed by atoms with E-state index in [1.165, 1.54) is 88.3 Å². The van der Waals surface area contributed by atoms with Gasteiger partial charge in [0.25, 0.3) is 0 Å². The number of anilines is 3. The van der Waals surface area contributed by atoms with Crippen molar-refractivity contribution in [1.82, 2.24) is 0 Å². The molecule has 8 heteroatoms. The molecule has 0 bridgehead atoms. The van der Waals surface area contributed by atoms with E-state index in [-0.39, 0.29) is 58.9 Å². The summed E-state index contributed by atoms with van der Waals surface area (Å²) in [6, 6.07) is 14.7. The van der Waals surface area contributed by atoms with Crippen LogP contribution in [0.5, 0.6) is 0 Å². The zero-order valence-corrected chi connectivity index (χ0v) is 36.3. The Kier molecular flexibility index (Phi) is 16.1. The minimum atomic E-state index is -3.03. The van der Waals surface area contributed by atoms with E-state index in [4.69, 9.17) is 0 Å². The topological polar surface area (TPSA) is 9.72 Å². The molecule has 0 heterocycles. The van der Waals surface area contributed by atoms with Crippen molar-refractivity contribution in [3.8, 4) is 0 Å². The van der Waals surface area contributed by atoms with E-state index in [1.807, 2.05) is 0 Å². The largest absolute Gasteiger partial charge is 4.00 e. The van der Waals surface area contributed by atoms with Crippen molar-refractivity contribution < 1.29 is 58.9 Å². The van der Waals surface area contributed by atoms with E-state index in [0.717, 1.165) is 0 Å². The van der Waals surface area contributed by atoms with Gasteiger partial charge in [-0.1, -0.05) is 80.8 Å². The molecule has 4 aromatic rings. The van der Waals surface area contributed by atoms with E-state index in [0.29, 0.717) is 0 Å². The second-order valence-corrected chi connectivity index (χ2v) is 17.4. The molecule has 0 spiro atoms. The fourth-order valence-corrected chi connectivity index (χ4v) is 15.0. The zero-order valence-electron chi connectivity index (χ0n) is 31.4. The first-order valence-electron chi connectivity index (χ1n) is 15.6. The molecule has 0 unspecified atom stereocenters. The number of benzene rings is 3. The standard InChI is InChI=1S/C39H54N3Si.3ClH.Ti/c1-23-17-26(4)36(40(11)12)33(20-23)43(39-31(9)29(7)30(8)32(39)10,34-21-24(2)18-27(5)37(34)41(13)14)35-22-25(3)19-28(6)38(35)42(15)16;;;;/h17-22H,1-16H3;3*1H;/q-1;;;;+4/p-3. The minimum absolute atomic E-state index is 0. The van der Waals surface area contributed by atoms with Gasteiger partial charge in [-0.15, -0.1) is 0 Å². The summed E-state index contributed by atoms with van der Waals surface area (Å²) in [5.74, 6) is 0. The number of hydrogen-bond acceptors (Lipinski definition) is 3. The molecule has 0 saturated heterocycles. The average Bonchev–Trinajstić information content (AvgIpc) is 3.05. The van der Waals surface area contributed by atoms with Gasteiger partial charge in [-0.3, -0.25) is 0 Å². The van der Waals surface area contributed by atoms with Crippen LogP contribution in [0.15, 0.2) is 36.4 Å². The summed E-state index contributed by atoms with van der Waals surface area (Å²) < 4.78 is 0. The van der Waals surface area contributed by atoms with Crippen LogP contribution in [0.25, 0.3) is 0 Å². The Bertz CT molecular complexity index is 1540. The van der Waals surface area contributed by atoms with E-state index in [2.05, 4.69) is 163 Å². The summed E-state index contributed by atoms with van der Waals surface area (Å²) in [6.45, 7) is 23.2. The molecule has 0 saturated carbocycles. The molecular weight excluding hydrogens is 693 g/mol. The van der Waals surface area contributed by atoms with E-state index >= 15 is 0 Å². The van der Waals surface area contributed by atoms with Crippen LogP contribution in [0.3, 0.4) is 0 Å². The Morgan fingerprint density at radius 1 is 0.468 bits per heavy atom. The Hall–Kier alpha value is -1.79. The summed E-state index contributed by atoms with van der Waals surface area (Å²) >= 11 is 0. The smallest absolute Gasteiger partial charge is 1.00 e. The first-order chi connectivity index (χ1) is 20.0. The third kappa shape index (κ3) is 7.54. The maximum absolute atomic E-state index is 3.03. The van der Waals surface area contributed by atoms with Crippen molar-refractivity contribution in [1.29, 1.82) is 0 Å². The Balaban J connectivity index is 0.00000529. The van der Waals surface area contributed by atoms with Crippen molar-refractivity contribution in [2.24, 2.45) is 0 Å². The average molecular weight is 747 g/mol. The third-order valence-corrected chi connectivity index (χ3v) is 14.8. The molecule has 0 N–H and O–H groups in total. The van der Waals surface area contributed by atoms with Crippen molar-refractivity contribution >= 4 is 45.9 Å². The Morgan fingerprint density at radius 3 is 0.957 bits per heavy atom. The first-order valence-corrected chi connectivity index (χ1v) is 17.6. The van der Waals surface area contributed by atoms with Crippen molar-refractivity contribution in [2.75, 3.05) is 57.0 Å². The van der Waals surface area contributed by atoms with Gasteiger partial charge in [0.2, 0.25) is 0 Å². The molecule has 0 amide bonds. The van der Waals surface area contributed by atoms with E-state index in [1.54, 1.807) is 5.19 Å². The Morgan fingerprint density at radius 2 is 0.745 bits per heavy atom. The van der Waals surface area contributed by atoms with Crippen LogP contribution in [-0.2, 0) is 21.7 Å². The van der Waals surface area contributed by atoms with Crippen LogP contribution >= 0.6 is 0 Å². The minimum Gasteiger partial charge on any atom is -1.00 e. The molecule has 3 nitrogen and oxygen atoms in total. The summed E-state index contributed by atoms with van der Waals surface area (Å²) in [5, 5.41) is 5.99. The molecule has 254 valence electrons. The summed E-state index contributed by atoms with van der Waals surface area (Å²) in [7, 11) is 10.3. The van der Waals surface area contributed by atoms with E-state index in [9.17, 15) is 0 Å². The second kappa shape index (κ2) is 16.7. The second-order valence-electron chi connectivity index (χ2n) is 13.7. The number of halogens is 3. The quantitative estimate of drug-likeness (QED) is 0.114. The summed E-state index contributed by atoms with van der Waals surface area (Å²) in [6.07, 6.45) is 0. The maximum atomic E-state index is 2.54. The van der Waals surface area contributed by atoms with Gasteiger partial charge in [-0.05, 0) is 73.8 Å². The van der Waals surface area contributed by atoms with Crippen LogP contribution in [0.4, 0.5) is 17.1 Å². The zero-order chi connectivity index (χ0) is 32.3. The Labute approximate surface area is 321 Å². The van der Waals surface area contributed by atoms with Crippen LogP contribution < -0.4 is 72.7 Å². The summed E-state index contributed by atoms with van der Waals surface area (Å²) in [5.41, 5.74) is 17.7. The SMILES string of the molecule is Cc1cc(C)c(N(C)C)c([Si](c2cc(C)cc(C)c2N(C)C)(c2cc(C)cc(C)c2N(C)C)c2c(C)c(C)c(C)[c-]2C)c1.[Cl-].[Cl-].[Cl-].[Ti+4].